The van der Waals surface area contributed by atoms with Gasteiger partial charge in [-0.15, -0.1) is 12.4 Å². The lowest BCUT2D eigenvalue weighted by atomic mass is 9.80. The summed E-state index contributed by atoms with van der Waals surface area (Å²) in [6.45, 7) is 6.31. The molecule has 0 aliphatic carbocycles. The number of aromatic nitrogens is 8. The Hall–Kier alpha value is -14.7. The Morgan fingerprint density at radius 3 is 1.04 bits per heavy atom. The lowest BCUT2D eigenvalue weighted by molar-refractivity contribution is 0.0517. The molecule has 0 bridgehead atoms. The van der Waals surface area contributed by atoms with Crippen LogP contribution in [0.15, 0.2) is 286 Å². The van der Waals surface area contributed by atoms with Crippen molar-refractivity contribution in [2.45, 2.75) is 20.8 Å². The molecule has 31 nitrogen and oxygen atoms in total. The quantitative estimate of drug-likeness (QED) is 0.00706. The summed E-state index contributed by atoms with van der Waals surface area (Å²) in [5.74, 6) is 4.60. The van der Waals surface area contributed by atoms with Gasteiger partial charge >= 0.3 is 31.0 Å². The van der Waals surface area contributed by atoms with Gasteiger partial charge in [0.1, 0.15) is 105 Å². The zero-order valence-corrected chi connectivity index (χ0v) is 70.3. The number of aromatic carboxylic acids is 1. The summed E-state index contributed by atoms with van der Waals surface area (Å²) in [4.78, 5) is 82.2. The van der Waals surface area contributed by atoms with Crippen molar-refractivity contribution in [3.8, 4) is 56.8 Å². The number of rotatable bonds is 23. The maximum absolute atomic E-state index is 12.0. The van der Waals surface area contributed by atoms with Gasteiger partial charge in [-0.3, -0.25) is 0 Å². The van der Waals surface area contributed by atoms with E-state index in [1.165, 1.54) is 37.4 Å². The number of hydroxylamine groups is 1. The van der Waals surface area contributed by atoms with Gasteiger partial charge in [-0.2, -0.15) is 0 Å². The number of hydrogen-bond acceptors (Lipinski definition) is 30. The molecule has 14 aromatic rings. The highest BCUT2D eigenvalue weighted by Gasteiger charge is 2.18. The number of nitrogens with one attached hydrogen (secondary N) is 4. The zero-order chi connectivity index (χ0) is 88.4. The molecule has 0 fully saturated rings. The number of carboxylic acid groups (broad SMARTS) is 1. The van der Waals surface area contributed by atoms with Crippen molar-refractivity contribution < 1.29 is 67.6 Å². The van der Waals surface area contributed by atoms with Crippen LogP contribution in [0.25, 0.3) is 22.3 Å². The average molecular weight is 1760 g/mol. The molecular weight excluding hydrogens is 1670 g/mol. The first-order valence-corrected chi connectivity index (χ1v) is 38.3. The highest BCUT2D eigenvalue weighted by atomic mass is 35.5. The lowest BCUT2D eigenvalue weighted by Gasteiger charge is -2.14. The third kappa shape index (κ3) is 31.1. The number of carbonyl (C=O) groups excluding carboxylic acids is 3. The standard InChI is InChI=1S/C25H22N4O3.C23H18N4O3.C13H13ClN4O2.C12H11BO3.C9H11NO2.C4H3Cl2N3.C2H7NO.ClH/c1-2-31-25(30)18-7-6-8-19(15-18)29-24-22(23(26)27-16-28-24)17-11-13-21(14-12-17)32-20-9-4-3-5-10-20;24-21-20(15-9-11-19(12-10-15)30-18-7-2-1-3-8-18)22(26-14-25-21)27-17-6-4-5-16(13-17)23(28)29;1-2-20-13(19)8-4-3-5-9(6-8)18-12-10(14)11(15)16-7-17-12;14-13(15)10-6-8-12(9-7-10)16-11-4-2-1-3-5-11;1-2-12-9(11)7-4-3-5-8(10)6-7;5-2-3(6)8-1-9-4(2)7;1-3-4-2;/h3-16H,2H2,1H3,(H3,26,27,28,29);1-14H,(H,28,29)(H3,24,25,26,27);3-7H,2H2,1H3,(H3,15,16,17,18);1-9,14-15H;3-6H,2,10H2,1H3;1H,(H2,7,8,9);3H,1-2H3;1H. The van der Waals surface area contributed by atoms with Gasteiger partial charge in [0, 0.05) is 29.8 Å². The van der Waals surface area contributed by atoms with Gasteiger partial charge in [0.15, 0.2) is 11.0 Å². The van der Waals surface area contributed by atoms with Crippen LogP contribution in [-0.4, -0.2) is 120 Å². The van der Waals surface area contributed by atoms with Crippen molar-refractivity contribution in [3.05, 3.63) is 324 Å². The second-order valence-electron chi connectivity index (χ2n) is 24.6. The number of halogens is 4. The Morgan fingerprint density at radius 1 is 0.379 bits per heavy atom. The van der Waals surface area contributed by atoms with Crippen LogP contribution < -0.4 is 69.8 Å². The molecule has 10 aromatic carbocycles. The fourth-order valence-corrected chi connectivity index (χ4v) is 10.6. The molecule has 17 N–H and O–H groups in total. The van der Waals surface area contributed by atoms with E-state index in [0.717, 1.165) is 28.4 Å². The molecule has 4 heterocycles. The largest absolute Gasteiger partial charge is 0.488 e. The number of nitrogen functional groups attached to an aromatic ring is 5. The Kier molecular flexibility index (Phi) is 39.7. The lowest BCUT2D eigenvalue weighted by Crippen LogP contribution is -2.29. The molecular formula is C88H86BCl4N17O14. The molecule has 0 unspecified atom stereocenters. The second kappa shape index (κ2) is 51.0. The summed E-state index contributed by atoms with van der Waals surface area (Å²) in [5, 5.41) is 37.0. The van der Waals surface area contributed by atoms with Crippen molar-refractivity contribution in [2.24, 2.45) is 0 Å². The van der Waals surface area contributed by atoms with Gasteiger partial charge in [-0.05, 0) is 183 Å². The van der Waals surface area contributed by atoms with Crippen molar-refractivity contribution in [3.63, 3.8) is 0 Å². The predicted octanol–water partition coefficient (Wildman–Crippen LogP) is 17.2. The molecule has 124 heavy (non-hydrogen) atoms. The van der Waals surface area contributed by atoms with Crippen molar-refractivity contribution in [2.75, 3.05) is 78.6 Å². The number of para-hydroxylation sites is 3. The predicted molar refractivity (Wildman–Crippen MR) is 486 cm³/mol. The molecule has 14 rings (SSSR count). The fraction of sp³-hybridized carbons (Fsp3) is 0.0909. The summed E-state index contributed by atoms with van der Waals surface area (Å²) in [7, 11) is 1.84. The van der Waals surface area contributed by atoms with E-state index in [2.05, 4.69) is 66.1 Å². The summed E-state index contributed by atoms with van der Waals surface area (Å²) < 4.78 is 32.0. The summed E-state index contributed by atoms with van der Waals surface area (Å²) >= 11 is 16.9. The number of carbonyl (C=O) groups is 4. The molecule has 0 saturated carbocycles. The molecule has 36 heteroatoms. The molecule has 0 aliphatic heterocycles. The normalized spacial score (nSPS) is 9.95. The van der Waals surface area contributed by atoms with Crippen LogP contribution in [-0.2, 0) is 19.0 Å². The molecule has 0 atom stereocenters. The van der Waals surface area contributed by atoms with E-state index < -0.39 is 13.1 Å². The maximum atomic E-state index is 12.0. The first-order chi connectivity index (χ1) is 59.5. The van der Waals surface area contributed by atoms with Crippen molar-refractivity contribution >= 4 is 147 Å². The SMILES string of the molecule is CCOC(=O)c1cccc(N)c1.CCOC(=O)c1cccc(Nc2ncnc(N)c2-c2ccc(Oc3ccccc3)cc2)c1.CCOC(=O)c1cccc(Nc2ncnc(N)c2Cl)c1.CNOC.Cl.Nc1ncnc(Cl)c1Cl.Nc1ncnc(Nc2cccc(C(=O)O)c2)c1-c1ccc(Oc2ccccc2)cc1.OB(O)c1ccc(Oc2ccccc2)cc1. The molecule has 0 amide bonds. The summed E-state index contributed by atoms with van der Waals surface area (Å²) in [5.41, 5.74) is 38.5. The number of benzene rings is 10. The number of carboxylic acids is 1. The second-order valence-corrected chi connectivity index (χ2v) is 25.7. The molecule has 0 spiro atoms. The van der Waals surface area contributed by atoms with Crippen LogP contribution in [0.2, 0.25) is 15.2 Å². The number of hydrogen-bond donors (Lipinski definition) is 12. The number of nitrogens with zero attached hydrogens (tertiary/aromatic N) is 8. The van der Waals surface area contributed by atoms with Gasteiger partial charge < -0.3 is 93.0 Å². The Morgan fingerprint density at radius 2 is 0.694 bits per heavy atom. The van der Waals surface area contributed by atoms with E-state index >= 15 is 0 Å². The van der Waals surface area contributed by atoms with Crippen molar-refractivity contribution in [1.82, 2.24) is 45.4 Å². The zero-order valence-electron chi connectivity index (χ0n) is 67.2. The third-order valence-corrected chi connectivity index (χ3v) is 17.1. The highest BCUT2D eigenvalue weighted by Crippen LogP contribution is 2.37. The molecule has 0 aliphatic rings. The minimum atomic E-state index is -1.44. The van der Waals surface area contributed by atoms with Gasteiger partial charge in [0.05, 0.1) is 60.3 Å². The summed E-state index contributed by atoms with van der Waals surface area (Å²) in [6.07, 6.45) is 5.31. The van der Waals surface area contributed by atoms with E-state index in [0.29, 0.717) is 122 Å². The number of esters is 3. The number of anilines is 11. The van der Waals surface area contributed by atoms with Gasteiger partial charge in [0.25, 0.3) is 0 Å². The number of ether oxygens (including phenoxy) is 6. The molecule has 638 valence electrons. The van der Waals surface area contributed by atoms with E-state index in [1.807, 2.05) is 146 Å². The van der Waals surface area contributed by atoms with Crippen LogP contribution in [0.4, 0.5) is 63.5 Å². The topological polar surface area (TPSA) is 475 Å². The van der Waals surface area contributed by atoms with Crippen LogP contribution in [0.3, 0.4) is 0 Å². The van der Waals surface area contributed by atoms with Gasteiger partial charge in [-0.1, -0.05) is 150 Å². The minimum absolute atomic E-state index is 0. The molecule has 4 aromatic heterocycles. The van der Waals surface area contributed by atoms with Crippen LogP contribution in [0.1, 0.15) is 62.2 Å². The van der Waals surface area contributed by atoms with Crippen LogP contribution in [0, 0.1) is 0 Å². The maximum Gasteiger partial charge on any atom is 0.488 e. The fourth-order valence-electron chi connectivity index (χ4n) is 10.2. The minimum Gasteiger partial charge on any atom is -0.478 e. The average Bonchev–Trinajstić information content (AvgIpc) is 0.809. The van der Waals surface area contributed by atoms with E-state index in [9.17, 15) is 24.3 Å². The Labute approximate surface area is 735 Å². The van der Waals surface area contributed by atoms with E-state index in [1.54, 1.807) is 138 Å². The molecule has 0 radical (unpaired) electrons. The third-order valence-electron chi connectivity index (χ3n) is 16.0. The highest BCUT2D eigenvalue weighted by molar-refractivity contribution is 6.58. The first-order valence-electron chi connectivity index (χ1n) is 37.1. The summed E-state index contributed by atoms with van der Waals surface area (Å²) in [6, 6.07) is 77.0. The monoisotopic (exact) mass is 1760 g/mol. The van der Waals surface area contributed by atoms with E-state index in [4.69, 9.17) is 102 Å². The van der Waals surface area contributed by atoms with Gasteiger partial charge in [0.2, 0.25) is 0 Å². The molecule has 0 saturated heterocycles. The van der Waals surface area contributed by atoms with E-state index in [-0.39, 0.29) is 62.7 Å². The van der Waals surface area contributed by atoms with Crippen LogP contribution >= 0.6 is 47.2 Å². The number of nitrogens with two attached hydrogens (primary N) is 5. The smallest absolute Gasteiger partial charge is 0.478 e. The Balaban J connectivity index is 0.000000211. The first kappa shape index (κ1) is 96.4. The Bertz CT molecular complexity index is 5690. The van der Waals surface area contributed by atoms with Crippen LogP contribution in [0.5, 0.6) is 34.5 Å². The van der Waals surface area contributed by atoms with Gasteiger partial charge in [-0.25, -0.2) is 64.5 Å². The van der Waals surface area contributed by atoms with Crippen molar-refractivity contribution in [1.29, 1.82) is 0 Å².